The molecule has 0 fully saturated rings. The number of hydrogen-bond donors (Lipinski definition) is 3. The summed E-state index contributed by atoms with van der Waals surface area (Å²) in [6, 6.07) is 2.49. The van der Waals surface area contributed by atoms with E-state index in [1.807, 2.05) is 0 Å². The molecule has 0 radical (unpaired) electrons. The van der Waals surface area contributed by atoms with Crippen LogP contribution in [-0.2, 0) is 9.53 Å². The van der Waals surface area contributed by atoms with Crippen LogP contribution in [-0.4, -0.2) is 42.0 Å². The van der Waals surface area contributed by atoms with Crippen LogP contribution in [0, 0.1) is 24.6 Å². The number of carbonyl (C=O) groups is 2. The first kappa shape index (κ1) is 24.2. The Labute approximate surface area is 170 Å². The predicted octanol–water partition coefficient (Wildman–Crippen LogP) is 2.41. The number of alkyl carbamates (subject to hydrolysis) is 1. The maximum Gasteiger partial charge on any atom is 0.407 e. The molecule has 29 heavy (non-hydrogen) atoms. The van der Waals surface area contributed by atoms with E-state index in [0.717, 1.165) is 5.56 Å². The smallest absolute Gasteiger partial charge is 0.407 e. The number of nitrogens with one attached hydrogen (secondary N) is 1. The Morgan fingerprint density at radius 1 is 1.34 bits per heavy atom. The Kier molecular flexibility index (Phi) is 9.42. The lowest BCUT2D eigenvalue weighted by molar-refractivity contribution is -0.118. The van der Waals surface area contributed by atoms with E-state index in [1.54, 1.807) is 33.8 Å². The van der Waals surface area contributed by atoms with Crippen LogP contribution >= 0.6 is 0 Å². The molecule has 0 unspecified atom stereocenters. The van der Waals surface area contributed by atoms with E-state index in [0.29, 0.717) is 0 Å². The van der Waals surface area contributed by atoms with Crippen molar-refractivity contribution in [2.24, 2.45) is 5.73 Å². The summed E-state index contributed by atoms with van der Waals surface area (Å²) in [5, 5.41) is 11.4. The van der Waals surface area contributed by atoms with E-state index in [1.165, 1.54) is 6.07 Å². The molecule has 8 heteroatoms. The minimum absolute atomic E-state index is 0.0200. The molecule has 1 aromatic rings. The first-order valence-electron chi connectivity index (χ1n) is 9.32. The van der Waals surface area contributed by atoms with Gasteiger partial charge in [0.05, 0.1) is 18.2 Å². The van der Waals surface area contributed by atoms with E-state index < -0.39 is 29.5 Å². The number of aliphatic hydroxyl groups is 1. The molecule has 1 aromatic carbocycles. The average Bonchev–Trinajstić information content (AvgIpc) is 2.59. The largest absolute Gasteiger partial charge is 0.488 e. The minimum Gasteiger partial charge on any atom is -0.488 e. The van der Waals surface area contributed by atoms with Crippen LogP contribution < -0.4 is 15.8 Å². The van der Waals surface area contributed by atoms with E-state index in [4.69, 9.17) is 20.3 Å². The monoisotopic (exact) mass is 408 g/mol. The number of nitrogens with two attached hydrogens (primary N) is 1. The van der Waals surface area contributed by atoms with Gasteiger partial charge >= 0.3 is 6.09 Å². The number of aliphatic hydroxyl groups excluding tert-OH is 1. The van der Waals surface area contributed by atoms with E-state index in [-0.39, 0.29) is 43.8 Å². The van der Waals surface area contributed by atoms with Crippen molar-refractivity contribution >= 4 is 12.0 Å². The summed E-state index contributed by atoms with van der Waals surface area (Å²) in [4.78, 5) is 23.1. The third kappa shape index (κ3) is 9.81. The van der Waals surface area contributed by atoms with Crippen molar-refractivity contribution in [2.75, 3.05) is 13.2 Å². The maximum atomic E-state index is 14.7. The van der Waals surface area contributed by atoms with Gasteiger partial charge in [-0.05, 0) is 51.8 Å². The highest BCUT2D eigenvalue weighted by Gasteiger charge is 2.21. The van der Waals surface area contributed by atoms with Gasteiger partial charge in [0.1, 0.15) is 12.2 Å². The molecule has 4 N–H and O–H groups in total. The summed E-state index contributed by atoms with van der Waals surface area (Å²) < 4.78 is 25.4. The number of hydrogen-bond acceptors (Lipinski definition) is 5. The van der Waals surface area contributed by atoms with Gasteiger partial charge in [-0.1, -0.05) is 11.8 Å². The Morgan fingerprint density at radius 3 is 2.62 bits per heavy atom. The molecule has 160 valence electrons. The van der Waals surface area contributed by atoms with Crippen molar-refractivity contribution in [1.29, 1.82) is 0 Å². The molecule has 7 nitrogen and oxygen atoms in total. The number of amides is 2. The van der Waals surface area contributed by atoms with E-state index >= 15 is 0 Å². The fourth-order valence-electron chi connectivity index (χ4n) is 2.32. The van der Waals surface area contributed by atoms with Gasteiger partial charge in [0.15, 0.2) is 11.6 Å². The van der Waals surface area contributed by atoms with Gasteiger partial charge in [-0.2, -0.15) is 0 Å². The summed E-state index contributed by atoms with van der Waals surface area (Å²) in [6.45, 7) is 6.75. The highest BCUT2D eigenvalue weighted by molar-refractivity contribution is 5.74. The molecule has 1 rings (SSSR count). The second kappa shape index (κ2) is 11.3. The Balaban J connectivity index is 2.91. The maximum absolute atomic E-state index is 14.7. The zero-order valence-corrected chi connectivity index (χ0v) is 17.3. The second-order valence-electron chi connectivity index (χ2n) is 7.56. The number of halogens is 1. The predicted molar refractivity (Wildman–Crippen MR) is 107 cm³/mol. The van der Waals surface area contributed by atoms with Gasteiger partial charge in [-0.3, -0.25) is 4.79 Å². The molecule has 0 spiro atoms. The van der Waals surface area contributed by atoms with Crippen LogP contribution in [0.25, 0.3) is 0 Å². The standard InChI is InChI=1S/C21H29FN2O5/c1-14-11-15(7-5-6-10-25)19(22)17(12-14)28-13-16(8-9-18(23)26)24-20(27)29-21(2,3)4/h11-12,16,25H,6,8-10,13H2,1-4H3,(H2,23,26)(H,24,27)/t16-/m0/s1. The van der Waals surface area contributed by atoms with E-state index in [2.05, 4.69) is 17.2 Å². The molecule has 1 atom stereocenters. The van der Waals surface area contributed by atoms with E-state index in [9.17, 15) is 14.0 Å². The molecule has 2 amide bonds. The molecule has 0 heterocycles. The van der Waals surface area contributed by atoms with Crippen LogP contribution in [0.1, 0.15) is 51.2 Å². The third-order valence-corrected chi connectivity index (χ3v) is 3.54. The van der Waals surface area contributed by atoms with Gasteiger partial charge in [-0.15, -0.1) is 0 Å². The minimum atomic E-state index is -0.691. The van der Waals surface area contributed by atoms with Crippen LogP contribution in [0.2, 0.25) is 0 Å². The normalized spacial score (nSPS) is 11.8. The third-order valence-electron chi connectivity index (χ3n) is 3.54. The molecule has 0 aliphatic rings. The quantitative estimate of drug-likeness (QED) is 0.572. The number of aryl methyl sites for hydroxylation is 1. The summed E-state index contributed by atoms with van der Waals surface area (Å²) in [5.74, 6) is 4.16. The number of primary amides is 1. The Morgan fingerprint density at radius 2 is 2.03 bits per heavy atom. The lowest BCUT2D eigenvalue weighted by atomic mass is 10.1. The first-order chi connectivity index (χ1) is 13.5. The van der Waals surface area contributed by atoms with Gasteiger partial charge < -0.3 is 25.6 Å². The average molecular weight is 408 g/mol. The van der Waals surface area contributed by atoms with Gasteiger partial charge in [0.25, 0.3) is 0 Å². The van der Waals surface area contributed by atoms with Crippen molar-refractivity contribution in [1.82, 2.24) is 5.32 Å². The Bertz CT molecular complexity index is 778. The van der Waals surface area contributed by atoms with Crippen molar-refractivity contribution in [3.63, 3.8) is 0 Å². The van der Waals surface area contributed by atoms with Crippen LogP contribution in [0.5, 0.6) is 5.75 Å². The fourth-order valence-corrected chi connectivity index (χ4v) is 2.32. The summed E-state index contributed by atoms with van der Waals surface area (Å²) in [5.41, 5.74) is 5.39. The summed E-state index contributed by atoms with van der Waals surface area (Å²) in [6.07, 6.45) is -0.197. The van der Waals surface area contributed by atoms with Gasteiger partial charge in [0.2, 0.25) is 5.91 Å². The Hall–Kier alpha value is -2.79. The molecule has 0 bridgehead atoms. The van der Waals surface area contributed by atoms with Crippen LogP contribution in [0.4, 0.5) is 9.18 Å². The topological polar surface area (TPSA) is 111 Å². The zero-order valence-electron chi connectivity index (χ0n) is 17.3. The zero-order chi connectivity index (χ0) is 22.0. The number of ether oxygens (including phenoxy) is 2. The molecule has 0 aromatic heterocycles. The fraction of sp³-hybridized carbons (Fsp3) is 0.524. The molecular formula is C21H29FN2O5. The van der Waals surface area contributed by atoms with Crippen LogP contribution in [0.3, 0.4) is 0 Å². The number of carbonyl (C=O) groups excluding carboxylic acids is 2. The molecule has 0 saturated carbocycles. The molecule has 0 aliphatic heterocycles. The van der Waals surface area contributed by atoms with Crippen molar-refractivity contribution in [3.8, 4) is 17.6 Å². The highest BCUT2D eigenvalue weighted by atomic mass is 19.1. The van der Waals surface area contributed by atoms with Crippen LogP contribution in [0.15, 0.2) is 12.1 Å². The lowest BCUT2D eigenvalue weighted by Crippen LogP contribution is -2.42. The van der Waals surface area contributed by atoms with Crippen molar-refractivity contribution in [2.45, 2.75) is 58.6 Å². The number of benzene rings is 1. The molecule has 0 aliphatic carbocycles. The second-order valence-corrected chi connectivity index (χ2v) is 7.56. The summed E-state index contributed by atoms with van der Waals surface area (Å²) >= 11 is 0. The summed E-state index contributed by atoms with van der Waals surface area (Å²) in [7, 11) is 0. The molecule has 0 saturated heterocycles. The van der Waals surface area contributed by atoms with Crippen molar-refractivity contribution in [3.05, 3.63) is 29.1 Å². The first-order valence-corrected chi connectivity index (χ1v) is 9.32. The van der Waals surface area contributed by atoms with Gasteiger partial charge in [-0.25, -0.2) is 9.18 Å². The lowest BCUT2D eigenvalue weighted by Gasteiger charge is -2.24. The molecular weight excluding hydrogens is 379 g/mol. The number of rotatable bonds is 8. The SMILES string of the molecule is Cc1cc(C#CCCO)c(F)c(OC[C@H](CCC(N)=O)NC(=O)OC(C)(C)C)c1. The van der Waals surface area contributed by atoms with Gasteiger partial charge in [0, 0.05) is 12.8 Å². The highest BCUT2D eigenvalue weighted by Crippen LogP contribution is 2.23. The van der Waals surface area contributed by atoms with Crippen molar-refractivity contribution < 1.29 is 28.6 Å².